The molecule has 26 heavy (non-hydrogen) atoms. The smallest absolute Gasteiger partial charge is 0.253 e. The molecule has 0 unspecified atom stereocenters. The Morgan fingerprint density at radius 3 is 2.46 bits per heavy atom. The van der Waals surface area contributed by atoms with Crippen LogP contribution in [0.25, 0.3) is 6.08 Å². The van der Waals surface area contributed by atoms with Gasteiger partial charge in [-0.15, -0.1) is 0 Å². The van der Waals surface area contributed by atoms with Gasteiger partial charge in [0.2, 0.25) is 5.91 Å². The molecule has 2 amide bonds. The van der Waals surface area contributed by atoms with Crippen LogP contribution in [0.5, 0.6) is 5.75 Å². The summed E-state index contributed by atoms with van der Waals surface area (Å²) in [6.45, 7) is 3.94. The van der Waals surface area contributed by atoms with E-state index in [0.29, 0.717) is 11.3 Å². The summed E-state index contributed by atoms with van der Waals surface area (Å²) < 4.78 is 5.10. The number of methoxy groups -OCH3 is 1. The van der Waals surface area contributed by atoms with Gasteiger partial charge >= 0.3 is 0 Å². The van der Waals surface area contributed by atoms with Gasteiger partial charge in [-0.05, 0) is 49.2 Å². The molecule has 2 aromatic rings. The zero-order valence-electron chi connectivity index (χ0n) is 15.3. The average molecular weight is 352 g/mol. The third kappa shape index (κ3) is 5.48. The Balaban J connectivity index is 2.06. The summed E-state index contributed by atoms with van der Waals surface area (Å²) in [6, 6.07) is 14.4. The van der Waals surface area contributed by atoms with Crippen molar-refractivity contribution in [3.05, 3.63) is 65.7 Å². The standard InChI is InChI=1S/C21H24N2O3/c1-4-15(2)22-21(25)18-7-5-6-8-19(18)23-20(24)14-11-16-9-12-17(26-3)13-10-16/h5-15H,4H2,1-3H3,(H,22,25)(H,23,24)/b14-11+/t15-/m1/s1. The van der Waals surface area contributed by atoms with E-state index in [1.54, 1.807) is 37.5 Å². The third-order valence-corrected chi connectivity index (χ3v) is 3.96. The first-order valence-electron chi connectivity index (χ1n) is 8.56. The van der Waals surface area contributed by atoms with E-state index in [1.807, 2.05) is 38.1 Å². The quantitative estimate of drug-likeness (QED) is 0.743. The minimum atomic E-state index is -0.301. The minimum Gasteiger partial charge on any atom is -0.497 e. The van der Waals surface area contributed by atoms with E-state index in [2.05, 4.69) is 10.6 Å². The maximum Gasteiger partial charge on any atom is 0.253 e. The van der Waals surface area contributed by atoms with E-state index >= 15 is 0 Å². The van der Waals surface area contributed by atoms with Crippen molar-refractivity contribution in [3.63, 3.8) is 0 Å². The molecule has 2 aromatic carbocycles. The number of benzene rings is 2. The largest absolute Gasteiger partial charge is 0.497 e. The van der Waals surface area contributed by atoms with Gasteiger partial charge in [0.05, 0.1) is 18.4 Å². The number of para-hydroxylation sites is 1. The number of anilines is 1. The summed E-state index contributed by atoms with van der Waals surface area (Å²) in [5, 5.41) is 5.67. The molecular formula is C21H24N2O3. The monoisotopic (exact) mass is 352 g/mol. The van der Waals surface area contributed by atoms with Crippen LogP contribution in [0, 0.1) is 0 Å². The lowest BCUT2D eigenvalue weighted by Gasteiger charge is -2.14. The molecule has 0 saturated carbocycles. The summed E-state index contributed by atoms with van der Waals surface area (Å²) in [5.74, 6) is 0.256. The number of hydrogen-bond acceptors (Lipinski definition) is 3. The molecule has 136 valence electrons. The highest BCUT2D eigenvalue weighted by Crippen LogP contribution is 2.16. The highest BCUT2D eigenvalue weighted by molar-refractivity contribution is 6.07. The van der Waals surface area contributed by atoms with E-state index in [0.717, 1.165) is 17.7 Å². The van der Waals surface area contributed by atoms with E-state index < -0.39 is 0 Å². The predicted molar refractivity (Wildman–Crippen MR) is 104 cm³/mol. The van der Waals surface area contributed by atoms with Crippen molar-refractivity contribution in [3.8, 4) is 5.75 Å². The molecule has 0 bridgehead atoms. The topological polar surface area (TPSA) is 67.4 Å². The molecule has 0 spiro atoms. The third-order valence-electron chi connectivity index (χ3n) is 3.96. The lowest BCUT2D eigenvalue weighted by atomic mass is 10.1. The molecule has 2 rings (SSSR count). The van der Waals surface area contributed by atoms with Gasteiger partial charge in [-0.3, -0.25) is 9.59 Å². The van der Waals surface area contributed by atoms with Gasteiger partial charge in [0.25, 0.3) is 5.91 Å². The molecule has 5 heteroatoms. The van der Waals surface area contributed by atoms with Gasteiger partial charge in [-0.1, -0.05) is 31.2 Å². The first-order valence-corrected chi connectivity index (χ1v) is 8.56. The second-order valence-electron chi connectivity index (χ2n) is 5.92. The number of nitrogens with one attached hydrogen (secondary N) is 2. The number of hydrogen-bond donors (Lipinski definition) is 2. The summed E-state index contributed by atoms with van der Waals surface area (Å²) in [4.78, 5) is 24.6. The summed E-state index contributed by atoms with van der Waals surface area (Å²) >= 11 is 0. The maximum atomic E-state index is 12.4. The van der Waals surface area contributed by atoms with Crippen molar-refractivity contribution in [1.29, 1.82) is 0 Å². The highest BCUT2D eigenvalue weighted by Gasteiger charge is 2.13. The Hall–Kier alpha value is -3.08. The number of rotatable bonds is 7. The van der Waals surface area contributed by atoms with Crippen molar-refractivity contribution < 1.29 is 14.3 Å². The second kappa shape index (κ2) is 9.42. The first-order chi connectivity index (χ1) is 12.5. The molecular weight excluding hydrogens is 328 g/mol. The van der Waals surface area contributed by atoms with Gasteiger partial charge in [0.15, 0.2) is 0 Å². The van der Waals surface area contributed by atoms with Gasteiger partial charge in [-0.2, -0.15) is 0 Å². The van der Waals surface area contributed by atoms with Crippen molar-refractivity contribution in [2.45, 2.75) is 26.3 Å². The van der Waals surface area contributed by atoms with Gasteiger partial charge < -0.3 is 15.4 Å². The van der Waals surface area contributed by atoms with Crippen molar-refractivity contribution in [2.75, 3.05) is 12.4 Å². The summed E-state index contributed by atoms with van der Waals surface area (Å²) in [6.07, 6.45) is 3.98. The van der Waals surface area contributed by atoms with Crippen LogP contribution in [0.1, 0.15) is 36.2 Å². The number of carbonyl (C=O) groups excluding carboxylic acids is 2. The van der Waals surface area contributed by atoms with Crippen LogP contribution in [0.2, 0.25) is 0 Å². The molecule has 0 saturated heterocycles. The molecule has 0 aliphatic carbocycles. The van der Waals surface area contributed by atoms with Gasteiger partial charge in [0.1, 0.15) is 5.75 Å². The lowest BCUT2D eigenvalue weighted by molar-refractivity contribution is -0.111. The molecule has 1 atom stereocenters. The lowest BCUT2D eigenvalue weighted by Crippen LogP contribution is -2.32. The average Bonchev–Trinajstić information content (AvgIpc) is 2.67. The molecule has 0 fully saturated rings. The Morgan fingerprint density at radius 1 is 1.12 bits per heavy atom. The molecule has 0 radical (unpaired) electrons. The van der Waals surface area contributed by atoms with Crippen LogP contribution in [-0.4, -0.2) is 25.0 Å². The summed E-state index contributed by atoms with van der Waals surface area (Å²) in [7, 11) is 1.60. The van der Waals surface area contributed by atoms with E-state index in [-0.39, 0.29) is 17.9 Å². The Labute approximate surface area is 154 Å². The first kappa shape index (κ1) is 19.2. The predicted octanol–water partition coefficient (Wildman–Crippen LogP) is 3.88. The van der Waals surface area contributed by atoms with Gasteiger partial charge in [-0.25, -0.2) is 0 Å². The van der Waals surface area contributed by atoms with E-state index in [9.17, 15) is 9.59 Å². The molecule has 0 aliphatic rings. The molecule has 2 N–H and O–H groups in total. The number of ether oxygens (including phenoxy) is 1. The van der Waals surface area contributed by atoms with Crippen molar-refractivity contribution in [1.82, 2.24) is 5.32 Å². The Morgan fingerprint density at radius 2 is 1.81 bits per heavy atom. The maximum absolute atomic E-state index is 12.4. The van der Waals surface area contributed by atoms with Crippen LogP contribution in [0.4, 0.5) is 5.69 Å². The van der Waals surface area contributed by atoms with E-state index in [4.69, 9.17) is 4.74 Å². The van der Waals surface area contributed by atoms with Crippen molar-refractivity contribution >= 4 is 23.6 Å². The highest BCUT2D eigenvalue weighted by atomic mass is 16.5. The van der Waals surface area contributed by atoms with Crippen LogP contribution >= 0.6 is 0 Å². The molecule has 0 heterocycles. The number of carbonyl (C=O) groups is 2. The van der Waals surface area contributed by atoms with Crippen LogP contribution in [-0.2, 0) is 4.79 Å². The fraction of sp³-hybridized carbons (Fsp3) is 0.238. The molecule has 0 aliphatic heterocycles. The van der Waals surface area contributed by atoms with Crippen molar-refractivity contribution in [2.24, 2.45) is 0 Å². The fourth-order valence-electron chi connectivity index (χ4n) is 2.26. The summed E-state index contributed by atoms with van der Waals surface area (Å²) in [5.41, 5.74) is 1.81. The van der Waals surface area contributed by atoms with Crippen LogP contribution < -0.4 is 15.4 Å². The zero-order valence-corrected chi connectivity index (χ0v) is 15.3. The van der Waals surface area contributed by atoms with Gasteiger partial charge in [0, 0.05) is 12.1 Å². The molecule has 0 aromatic heterocycles. The Bertz CT molecular complexity index is 782. The fourth-order valence-corrected chi connectivity index (χ4v) is 2.26. The normalized spacial score (nSPS) is 11.8. The second-order valence-corrected chi connectivity index (χ2v) is 5.92. The number of amides is 2. The SMILES string of the molecule is CC[C@@H](C)NC(=O)c1ccccc1NC(=O)/C=C/c1ccc(OC)cc1. The zero-order chi connectivity index (χ0) is 18.9. The minimum absolute atomic E-state index is 0.0706. The van der Waals surface area contributed by atoms with Crippen LogP contribution in [0.15, 0.2) is 54.6 Å². The van der Waals surface area contributed by atoms with E-state index in [1.165, 1.54) is 6.08 Å². The van der Waals surface area contributed by atoms with Crippen LogP contribution in [0.3, 0.4) is 0 Å². The Kier molecular flexibility index (Phi) is 6.97. The molecule has 5 nitrogen and oxygen atoms in total.